The smallest absolute Gasteiger partial charge is 0.243 e. The highest BCUT2D eigenvalue weighted by Crippen LogP contribution is 1.88. The maximum atomic E-state index is 11.4. The molecule has 1 amide bonds. The van der Waals surface area contributed by atoms with Gasteiger partial charge in [0.15, 0.2) is 5.96 Å². The number of hydrogen-bond acceptors (Lipinski definition) is 3. The highest BCUT2D eigenvalue weighted by atomic mass is 127. The van der Waals surface area contributed by atoms with Crippen molar-refractivity contribution in [3.05, 3.63) is 0 Å². The molecule has 0 saturated heterocycles. The molecule has 0 rings (SSSR count). The first kappa shape index (κ1) is 21.7. The summed E-state index contributed by atoms with van der Waals surface area (Å²) in [4.78, 5) is 17.2. The highest BCUT2D eigenvalue weighted by Gasteiger charge is 2.03. The van der Waals surface area contributed by atoms with Gasteiger partial charge in [-0.25, -0.2) is 4.99 Å². The van der Waals surface area contributed by atoms with E-state index in [9.17, 15) is 4.79 Å². The van der Waals surface area contributed by atoms with Crippen LogP contribution in [0.5, 0.6) is 0 Å². The summed E-state index contributed by atoms with van der Waals surface area (Å²) in [6, 6.07) is 0. The van der Waals surface area contributed by atoms with Crippen molar-refractivity contribution in [2.24, 2.45) is 4.99 Å². The van der Waals surface area contributed by atoms with Gasteiger partial charge >= 0.3 is 0 Å². The average Bonchev–Trinajstić information content (AvgIpc) is 2.39. The zero-order valence-corrected chi connectivity index (χ0v) is 15.4. The number of guanidine groups is 1. The molecule has 0 aliphatic rings. The van der Waals surface area contributed by atoms with E-state index in [0.717, 1.165) is 39.1 Å². The number of rotatable bonds is 9. The predicted molar refractivity (Wildman–Crippen MR) is 93.8 cm³/mol. The SMILES string of the molecule is CCNC(=NCC(=O)N(C)C)NCCCCOCC.I. The molecule has 0 bridgehead atoms. The number of carbonyl (C=O) groups excluding carboxylic acids is 1. The van der Waals surface area contributed by atoms with Crippen molar-refractivity contribution in [2.45, 2.75) is 26.7 Å². The summed E-state index contributed by atoms with van der Waals surface area (Å²) in [6.45, 7) is 7.34. The summed E-state index contributed by atoms with van der Waals surface area (Å²) >= 11 is 0. The maximum absolute atomic E-state index is 11.4. The average molecular weight is 400 g/mol. The molecule has 20 heavy (non-hydrogen) atoms. The minimum atomic E-state index is -0.00597. The van der Waals surface area contributed by atoms with Crippen LogP contribution in [0.4, 0.5) is 0 Å². The molecule has 0 aromatic rings. The van der Waals surface area contributed by atoms with Gasteiger partial charge in [-0.1, -0.05) is 0 Å². The third kappa shape index (κ3) is 12.5. The topological polar surface area (TPSA) is 66.0 Å². The van der Waals surface area contributed by atoms with Crippen molar-refractivity contribution in [1.82, 2.24) is 15.5 Å². The van der Waals surface area contributed by atoms with Gasteiger partial charge in [-0.15, -0.1) is 24.0 Å². The Labute approximate surface area is 139 Å². The summed E-state index contributed by atoms with van der Waals surface area (Å²) < 4.78 is 5.27. The number of halogens is 1. The van der Waals surface area contributed by atoms with Crippen LogP contribution in [0.2, 0.25) is 0 Å². The molecule has 0 heterocycles. The monoisotopic (exact) mass is 400 g/mol. The van der Waals surface area contributed by atoms with Crippen LogP contribution in [0, 0.1) is 0 Å². The van der Waals surface area contributed by atoms with E-state index in [1.165, 1.54) is 4.90 Å². The summed E-state index contributed by atoms with van der Waals surface area (Å²) in [6.07, 6.45) is 2.04. The van der Waals surface area contributed by atoms with Gasteiger partial charge < -0.3 is 20.3 Å². The molecule has 7 heteroatoms. The van der Waals surface area contributed by atoms with E-state index in [0.29, 0.717) is 5.96 Å². The van der Waals surface area contributed by atoms with Crippen LogP contribution in [-0.4, -0.2) is 63.7 Å². The zero-order chi connectivity index (χ0) is 14.5. The Bertz CT molecular complexity index is 273. The summed E-state index contributed by atoms with van der Waals surface area (Å²) in [5.41, 5.74) is 0. The second-order valence-electron chi connectivity index (χ2n) is 4.31. The number of ether oxygens (including phenoxy) is 1. The van der Waals surface area contributed by atoms with E-state index < -0.39 is 0 Å². The number of carbonyl (C=O) groups is 1. The number of amides is 1. The van der Waals surface area contributed by atoms with Crippen LogP contribution in [-0.2, 0) is 9.53 Å². The number of nitrogens with one attached hydrogen (secondary N) is 2. The minimum absolute atomic E-state index is 0. The van der Waals surface area contributed by atoms with Crippen molar-refractivity contribution in [3.8, 4) is 0 Å². The Morgan fingerprint density at radius 3 is 2.45 bits per heavy atom. The van der Waals surface area contributed by atoms with Gasteiger partial charge in [0.05, 0.1) is 0 Å². The fourth-order valence-corrected chi connectivity index (χ4v) is 1.31. The summed E-state index contributed by atoms with van der Waals surface area (Å²) in [5.74, 6) is 0.683. The molecular formula is C13H29IN4O2. The van der Waals surface area contributed by atoms with Crippen molar-refractivity contribution >= 4 is 35.8 Å². The third-order valence-corrected chi connectivity index (χ3v) is 2.43. The number of likely N-dealkylation sites (N-methyl/N-ethyl adjacent to an activating group) is 1. The van der Waals surface area contributed by atoms with E-state index in [2.05, 4.69) is 15.6 Å². The van der Waals surface area contributed by atoms with Crippen molar-refractivity contribution < 1.29 is 9.53 Å². The van der Waals surface area contributed by atoms with E-state index in [4.69, 9.17) is 4.74 Å². The lowest BCUT2D eigenvalue weighted by molar-refractivity contribution is -0.127. The largest absolute Gasteiger partial charge is 0.382 e. The van der Waals surface area contributed by atoms with Crippen molar-refractivity contribution in [2.75, 3.05) is 46.9 Å². The molecule has 0 unspecified atom stereocenters. The zero-order valence-electron chi connectivity index (χ0n) is 13.1. The minimum Gasteiger partial charge on any atom is -0.382 e. The number of unbranched alkanes of at least 4 members (excludes halogenated alkanes) is 1. The second kappa shape index (κ2) is 14.8. The summed E-state index contributed by atoms with van der Waals surface area (Å²) in [7, 11) is 3.46. The van der Waals surface area contributed by atoms with Gasteiger partial charge in [0.25, 0.3) is 0 Å². The fraction of sp³-hybridized carbons (Fsp3) is 0.846. The molecule has 0 aromatic carbocycles. The molecule has 0 saturated carbocycles. The van der Waals surface area contributed by atoms with E-state index in [1.54, 1.807) is 14.1 Å². The van der Waals surface area contributed by atoms with Crippen molar-refractivity contribution in [1.29, 1.82) is 0 Å². The highest BCUT2D eigenvalue weighted by molar-refractivity contribution is 14.0. The van der Waals surface area contributed by atoms with Crippen LogP contribution in [0.15, 0.2) is 4.99 Å². The van der Waals surface area contributed by atoms with Gasteiger partial charge in [-0.05, 0) is 26.7 Å². The fourth-order valence-electron chi connectivity index (χ4n) is 1.31. The summed E-state index contributed by atoms with van der Waals surface area (Å²) in [5, 5.41) is 6.32. The molecule has 0 spiro atoms. The Kier molecular flexibility index (Phi) is 16.1. The third-order valence-electron chi connectivity index (χ3n) is 2.43. The first-order chi connectivity index (χ1) is 9.11. The molecule has 0 radical (unpaired) electrons. The van der Waals surface area contributed by atoms with Crippen LogP contribution in [0.25, 0.3) is 0 Å². The molecule has 0 fully saturated rings. The van der Waals surface area contributed by atoms with Crippen LogP contribution < -0.4 is 10.6 Å². The maximum Gasteiger partial charge on any atom is 0.243 e. The normalized spacial score (nSPS) is 10.7. The lowest BCUT2D eigenvalue weighted by Crippen LogP contribution is -2.38. The van der Waals surface area contributed by atoms with Gasteiger partial charge in [0.1, 0.15) is 6.54 Å². The van der Waals surface area contributed by atoms with Gasteiger partial charge in [-0.3, -0.25) is 4.79 Å². The lowest BCUT2D eigenvalue weighted by atomic mass is 10.3. The molecule has 0 aromatic heterocycles. The molecule has 2 N–H and O–H groups in total. The number of aliphatic imine (C=N–C) groups is 1. The van der Waals surface area contributed by atoms with Crippen LogP contribution >= 0.6 is 24.0 Å². The van der Waals surface area contributed by atoms with Crippen LogP contribution in [0.1, 0.15) is 26.7 Å². The van der Waals surface area contributed by atoms with Gasteiger partial charge in [-0.2, -0.15) is 0 Å². The molecule has 0 atom stereocenters. The molecule has 0 aliphatic heterocycles. The van der Waals surface area contributed by atoms with Crippen molar-refractivity contribution in [3.63, 3.8) is 0 Å². The Balaban J connectivity index is 0. The quantitative estimate of drug-likeness (QED) is 0.263. The van der Waals surface area contributed by atoms with Gasteiger partial charge in [0, 0.05) is 40.4 Å². The number of hydrogen-bond donors (Lipinski definition) is 2. The van der Waals surface area contributed by atoms with E-state index in [1.807, 2.05) is 13.8 Å². The molecular weight excluding hydrogens is 371 g/mol. The second-order valence-corrected chi connectivity index (χ2v) is 4.31. The van der Waals surface area contributed by atoms with E-state index >= 15 is 0 Å². The number of nitrogens with zero attached hydrogens (tertiary/aromatic N) is 2. The Morgan fingerprint density at radius 2 is 1.90 bits per heavy atom. The Hall–Kier alpha value is -0.570. The standard InChI is InChI=1S/C13H28N4O2.HI/c1-5-14-13(16-11-12(18)17(3)4)15-9-7-8-10-19-6-2;/h5-11H2,1-4H3,(H2,14,15,16);1H. The van der Waals surface area contributed by atoms with Gasteiger partial charge in [0.2, 0.25) is 5.91 Å². The first-order valence-electron chi connectivity index (χ1n) is 6.91. The predicted octanol–water partition coefficient (Wildman–Crippen LogP) is 1.06. The Morgan fingerprint density at radius 1 is 1.20 bits per heavy atom. The molecule has 0 aliphatic carbocycles. The molecule has 120 valence electrons. The first-order valence-corrected chi connectivity index (χ1v) is 6.91. The van der Waals surface area contributed by atoms with Crippen LogP contribution in [0.3, 0.4) is 0 Å². The molecule has 6 nitrogen and oxygen atoms in total. The van der Waals surface area contributed by atoms with E-state index in [-0.39, 0.29) is 36.4 Å². The lowest BCUT2D eigenvalue weighted by Gasteiger charge is -2.12.